The first-order valence-electron chi connectivity index (χ1n) is 8.90. The van der Waals surface area contributed by atoms with Crippen LogP contribution in [-0.4, -0.2) is 30.2 Å². The molecule has 1 saturated carbocycles. The third-order valence-electron chi connectivity index (χ3n) is 4.39. The maximum atomic E-state index is 11.9. The number of unbranched alkanes of at least 4 members (excludes halogenated alkanes) is 1. The van der Waals surface area contributed by atoms with Crippen molar-refractivity contribution in [1.29, 1.82) is 0 Å². The van der Waals surface area contributed by atoms with Crippen molar-refractivity contribution in [2.75, 3.05) is 7.11 Å². The lowest BCUT2D eigenvalue weighted by atomic mass is 10.1. The van der Waals surface area contributed by atoms with E-state index in [0.29, 0.717) is 25.8 Å². The minimum absolute atomic E-state index is 0.0759. The van der Waals surface area contributed by atoms with Gasteiger partial charge in [-0.05, 0) is 50.7 Å². The van der Waals surface area contributed by atoms with Gasteiger partial charge >= 0.3 is 5.97 Å². The van der Waals surface area contributed by atoms with Gasteiger partial charge < -0.3 is 19.9 Å². The molecule has 6 heteroatoms. The lowest BCUT2D eigenvalue weighted by Crippen LogP contribution is -2.23. The highest BCUT2D eigenvalue weighted by Crippen LogP contribution is 2.30. The Morgan fingerprint density at radius 1 is 1.20 bits per heavy atom. The molecule has 2 rings (SSSR count). The number of hydrogen-bond acceptors (Lipinski definition) is 4. The molecule has 1 aromatic carbocycles. The molecule has 0 heterocycles. The molecule has 0 atom stereocenters. The number of nitrogens with one attached hydrogen (secondary N) is 1. The first-order chi connectivity index (χ1) is 12.1. The van der Waals surface area contributed by atoms with E-state index in [1.54, 1.807) is 7.11 Å². The van der Waals surface area contributed by atoms with Crippen molar-refractivity contribution in [3.63, 3.8) is 0 Å². The second kappa shape index (κ2) is 9.91. The lowest BCUT2D eigenvalue weighted by molar-refractivity contribution is -0.137. The molecule has 0 radical (unpaired) electrons. The zero-order valence-electron chi connectivity index (χ0n) is 14.8. The van der Waals surface area contributed by atoms with Crippen LogP contribution in [0.2, 0.25) is 0 Å². The first-order valence-corrected chi connectivity index (χ1v) is 8.90. The molecule has 1 fully saturated rings. The van der Waals surface area contributed by atoms with Crippen LogP contribution in [0.15, 0.2) is 18.2 Å². The van der Waals surface area contributed by atoms with E-state index in [-0.39, 0.29) is 18.4 Å². The fraction of sp³-hybridized carbons (Fsp3) is 0.579. The summed E-state index contributed by atoms with van der Waals surface area (Å²) in [4.78, 5) is 22.4. The van der Waals surface area contributed by atoms with Gasteiger partial charge in [-0.1, -0.05) is 0 Å². The van der Waals surface area contributed by atoms with Crippen molar-refractivity contribution >= 4 is 11.9 Å². The largest absolute Gasteiger partial charge is 0.497 e. The molecule has 0 aliphatic heterocycles. The molecule has 1 aliphatic carbocycles. The number of amides is 1. The zero-order valence-corrected chi connectivity index (χ0v) is 14.8. The topological polar surface area (TPSA) is 84.9 Å². The summed E-state index contributed by atoms with van der Waals surface area (Å²) < 4.78 is 11.4. The van der Waals surface area contributed by atoms with Crippen LogP contribution >= 0.6 is 0 Å². The molecule has 2 N–H and O–H groups in total. The Morgan fingerprint density at radius 2 is 1.92 bits per heavy atom. The van der Waals surface area contributed by atoms with E-state index in [2.05, 4.69) is 5.32 Å². The quantitative estimate of drug-likeness (QED) is 0.633. The molecule has 1 aromatic rings. The predicted molar refractivity (Wildman–Crippen MR) is 93.8 cm³/mol. The number of hydrogen-bond donors (Lipinski definition) is 2. The second-order valence-corrected chi connectivity index (χ2v) is 6.38. The summed E-state index contributed by atoms with van der Waals surface area (Å²) in [6.07, 6.45) is 6.27. The molecule has 0 aromatic heterocycles. The molecule has 1 amide bonds. The van der Waals surface area contributed by atoms with Gasteiger partial charge in [0.2, 0.25) is 5.91 Å². The maximum Gasteiger partial charge on any atom is 0.303 e. The molecule has 0 unspecified atom stereocenters. The van der Waals surface area contributed by atoms with Gasteiger partial charge in [-0.2, -0.15) is 0 Å². The Hall–Kier alpha value is -2.24. The Labute approximate surface area is 148 Å². The van der Waals surface area contributed by atoms with Gasteiger partial charge in [0.1, 0.15) is 11.5 Å². The van der Waals surface area contributed by atoms with E-state index >= 15 is 0 Å². The van der Waals surface area contributed by atoms with Crippen LogP contribution in [-0.2, 0) is 16.1 Å². The molecule has 0 bridgehead atoms. The van der Waals surface area contributed by atoms with Crippen LogP contribution in [0.3, 0.4) is 0 Å². The van der Waals surface area contributed by atoms with E-state index in [0.717, 1.165) is 29.9 Å². The molecule has 138 valence electrons. The van der Waals surface area contributed by atoms with Gasteiger partial charge in [-0.15, -0.1) is 0 Å². The minimum atomic E-state index is -0.827. The summed E-state index contributed by atoms with van der Waals surface area (Å²) in [6.45, 7) is 0.393. The van der Waals surface area contributed by atoms with Gasteiger partial charge in [-0.25, -0.2) is 0 Å². The molecule has 1 aliphatic rings. The molecule has 6 nitrogen and oxygen atoms in total. The van der Waals surface area contributed by atoms with E-state index in [1.165, 1.54) is 12.8 Å². The van der Waals surface area contributed by atoms with Gasteiger partial charge in [0.15, 0.2) is 0 Å². The number of ether oxygens (including phenoxy) is 2. The van der Waals surface area contributed by atoms with Crippen molar-refractivity contribution in [2.45, 2.75) is 64.0 Å². The van der Waals surface area contributed by atoms with Crippen molar-refractivity contribution in [1.82, 2.24) is 5.32 Å². The number of methoxy groups -OCH3 is 1. The highest BCUT2D eigenvalue weighted by molar-refractivity contribution is 5.76. The maximum absolute atomic E-state index is 11.9. The average Bonchev–Trinajstić information content (AvgIpc) is 3.10. The fourth-order valence-corrected chi connectivity index (χ4v) is 2.95. The van der Waals surface area contributed by atoms with Crippen LogP contribution in [0.5, 0.6) is 11.5 Å². The standard InChI is InChI=1S/C19H27NO5/c1-24-16-11-10-14(17(12-16)25-15-6-2-3-7-15)13-20-18(21)8-4-5-9-19(22)23/h10-12,15H,2-9,13H2,1H3,(H,20,21)(H,22,23). The van der Waals surface area contributed by atoms with Crippen LogP contribution < -0.4 is 14.8 Å². The average molecular weight is 349 g/mol. The third kappa shape index (κ3) is 6.64. The number of aliphatic carboxylic acids is 1. The number of carboxylic acid groups (broad SMARTS) is 1. The number of carbonyl (C=O) groups excluding carboxylic acids is 1. The number of carbonyl (C=O) groups is 2. The molecule has 25 heavy (non-hydrogen) atoms. The minimum Gasteiger partial charge on any atom is -0.497 e. The Balaban J connectivity index is 1.86. The number of benzene rings is 1. The van der Waals surface area contributed by atoms with Gasteiger partial charge in [0.25, 0.3) is 0 Å². The van der Waals surface area contributed by atoms with Crippen molar-refractivity contribution in [2.24, 2.45) is 0 Å². The smallest absolute Gasteiger partial charge is 0.303 e. The second-order valence-electron chi connectivity index (χ2n) is 6.38. The summed E-state index contributed by atoms with van der Waals surface area (Å²) in [7, 11) is 1.62. The van der Waals surface area contributed by atoms with Crippen LogP contribution in [0.25, 0.3) is 0 Å². The Morgan fingerprint density at radius 3 is 2.60 bits per heavy atom. The lowest BCUT2D eigenvalue weighted by Gasteiger charge is -2.18. The normalized spacial score (nSPS) is 14.3. The van der Waals surface area contributed by atoms with Gasteiger partial charge in [0, 0.05) is 31.0 Å². The van der Waals surface area contributed by atoms with E-state index in [9.17, 15) is 9.59 Å². The van der Waals surface area contributed by atoms with E-state index in [1.807, 2.05) is 18.2 Å². The van der Waals surface area contributed by atoms with E-state index in [4.69, 9.17) is 14.6 Å². The highest BCUT2D eigenvalue weighted by atomic mass is 16.5. The molecule has 0 spiro atoms. The summed E-state index contributed by atoms with van der Waals surface area (Å²) in [5, 5.41) is 11.5. The Bertz CT molecular complexity index is 581. The van der Waals surface area contributed by atoms with Crippen LogP contribution in [0, 0.1) is 0 Å². The van der Waals surface area contributed by atoms with Crippen molar-refractivity contribution in [3.8, 4) is 11.5 Å². The number of carboxylic acids is 1. The molecule has 0 saturated heterocycles. The van der Waals surface area contributed by atoms with Crippen molar-refractivity contribution in [3.05, 3.63) is 23.8 Å². The van der Waals surface area contributed by atoms with Gasteiger partial charge in [-0.3, -0.25) is 9.59 Å². The molecular weight excluding hydrogens is 322 g/mol. The zero-order chi connectivity index (χ0) is 18.1. The summed E-state index contributed by atoms with van der Waals surface area (Å²) in [6, 6.07) is 5.64. The van der Waals surface area contributed by atoms with Crippen LogP contribution in [0.4, 0.5) is 0 Å². The summed E-state index contributed by atoms with van der Waals surface area (Å²) >= 11 is 0. The SMILES string of the molecule is COc1ccc(CNC(=O)CCCCC(=O)O)c(OC2CCCC2)c1. The summed E-state index contributed by atoms with van der Waals surface area (Å²) in [5.41, 5.74) is 0.923. The van der Waals surface area contributed by atoms with Crippen LogP contribution in [0.1, 0.15) is 56.9 Å². The van der Waals surface area contributed by atoms with Crippen molar-refractivity contribution < 1.29 is 24.2 Å². The number of rotatable bonds is 10. The monoisotopic (exact) mass is 349 g/mol. The highest BCUT2D eigenvalue weighted by Gasteiger charge is 2.18. The Kier molecular flexibility index (Phi) is 7.57. The van der Waals surface area contributed by atoms with E-state index < -0.39 is 5.97 Å². The molecular formula is C19H27NO5. The summed E-state index contributed by atoms with van der Waals surface area (Å²) in [5.74, 6) is 0.592. The fourth-order valence-electron chi connectivity index (χ4n) is 2.95. The first kappa shape index (κ1) is 19.1. The third-order valence-corrected chi connectivity index (χ3v) is 4.39. The predicted octanol–water partition coefficient (Wildman–Crippen LogP) is 3.28. The van der Waals surface area contributed by atoms with Gasteiger partial charge in [0.05, 0.1) is 13.2 Å².